The van der Waals surface area contributed by atoms with Gasteiger partial charge in [0.25, 0.3) is 0 Å². The molecule has 2 heterocycles. The van der Waals surface area contributed by atoms with Crippen LogP contribution < -0.4 is 15.2 Å². The highest BCUT2D eigenvalue weighted by Gasteiger charge is 2.23. The van der Waals surface area contributed by atoms with Crippen LogP contribution in [0.3, 0.4) is 0 Å². The molecule has 0 amide bonds. The summed E-state index contributed by atoms with van der Waals surface area (Å²) in [6.07, 6.45) is 2.87. The minimum atomic E-state index is 0.433. The van der Waals surface area contributed by atoms with Crippen LogP contribution in [-0.4, -0.2) is 11.6 Å². The van der Waals surface area contributed by atoms with E-state index in [1.807, 2.05) is 18.2 Å². The molecule has 1 aromatic carbocycles. The summed E-state index contributed by atoms with van der Waals surface area (Å²) in [5.74, 6) is 2.94. The molecule has 4 nitrogen and oxygen atoms in total. The largest absolute Gasteiger partial charge is 0.492 e. The van der Waals surface area contributed by atoms with Gasteiger partial charge in [-0.15, -0.1) is 0 Å². The summed E-state index contributed by atoms with van der Waals surface area (Å²) >= 11 is 6.53. The van der Waals surface area contributed by atoms with Crippen molar-refractivity contribution in [3.8, 4) is 22.6 Å². The number of nitrogens with two attached hydrogens (primary N) is 1. The van der Waals surface area contributed by atoms with Gasteiger partial charge in [-0.2, -0.15) is 0 Å². The van der Waals surface area contributed by atoms with Crippen LogP contribution in [0.1, 0.15) is 32.8 Å². The number of halogens is 1. The van der Waals surface area contributed by atoms with Crippen molar-refractivity contribution in [2.45, 2.75) is 33.8 Å². The average Bonchev–Trinajstić information content (AvgIpc) is 2.53. The Morgan fingerprint density at radius 2 is 2.08 bits per heavy atom. The molecule has 0 saturated carbocycles. The van der Waals surface area contributed by atoms with Crippen LogP contribution in [-0.2, 0) is 6.61 Å². The van der Waals surface area contributed by atoms with Gasteiger partial charge in [-0.1, -0.05) is 32.4 Å². The van der Waals surface area contributed by atoms with E-state index >= 15 is 0 Å². The van der Waals surface area contributed by atoms with Crippen LogP contribution in [0.15, 0.2) is 24.4 Å². The summed E-state index contributed by atoms with van der Waals surface area (Å²) < 4.78 is 11.8. The van der Waals surface area contributed by atoms with E-state index in [-0.39, 0.29) is 0 Å². The molecule has 5 heteroatoms. The molecule has 1 aliphatic rings. The van der Waals surface area contributed by atoms with Gasteiger partial charge < -0.3 is 15.2 Å². The molecular weight excluding hydrogens is 324 g/mol. The monoisotopic (exact) mass is 346 g/mol. The van der Waals surface area contributed by atoms with Crippen molar-refractivity contribution in [2.24, 2.45) is 11.8 Å². The number of hydrogen-bond donors (Lipinski definition) is 1. The van der Waals surface area contributed by atoms with Crippen LogP contribution in [0.4, 0.5) is 5.82 Å². The Bertz CT molecular complexity index is 746. The second kappa shape index (κ2) is 6.89. The topological polar surface area (TPSA) is 57.4 Å². The average molecular weight is 347 g/mol. The standard InChI is InChI=1S/C19H23ClN2O2/c1-11(2)6-12(3)9-23-16-5-4-14-15-7-17(21)22-8-13(15)10-24-19(14)18(16)20/h4-5,7-8,11-12H,6,9-10H2,1-3H3,(H2,21,22). The van der Waals surface area contributed by atoms with Crippen molar-refractivity contribution >= 4 is 17.4 Å². The maximum atomic E-state index is 6.53. The minimum Gasteiger partial charge on any atom is -0.492 e. The van der Waals surface area contributed by atoms with Gasteiger partial charge in [0.1, 0.15) is 28.9 Å². The van der Waals surface area contributed by atoms with Gasteiger partial charge in [-0.05, 0) is 42.0 Å². The molecule has 1 aliphatic heterocycles. The number of rotatable bonds is 5. The van der Waals surface area contributed by atoms with E-state index in [1.54, 1.807) is 6.20 Å². The second-order valence-electron chi connectivity index (χ2n) is 6.86. The predicted octanol–water partition coefficient (Wildman–Crippen LogP) is 4.94. The van der Waals surface area contributed by atoms with Crippen molar-refractivity contribution in [1.29, 1.82) is 0 Å². The SMILES string of the molecule is CC(C)CC(C)COc1ccc2c(c1Cl)OCc1cnc(N)cc1-2. The highest BCUT2D eigenvalue weighted by atomic mass is 35.5. The molecule has 128 valence electrons. The number of nitrogens with zero attached hydrogens (tertiary/aromatic N) is 1. The van der Waals surface area contributed by atoms with E-state index in [0.29, 0.717) is 47.4 Å². The summed E-state index contributed by atoms with van der Waals surface area (Å²) in [4.78, 5) is 4.12. The first kappa shape index (κ1) is 16.9. The normalized spacial score (nSPS) is 13.9. The third kappa shape index (κ3) is 3.44. The molecule has 24 heavy (non-hydrogen) atoms. The number of ether oxygens (including phenoxy) is 2. The highest BCUT2D eigenvalue weighted by molar-refractivity contribution is 6.34. The van der Waals surface area contributed by atoms with Crippen LogP contribution >= 0.6 is 11.6 Å². The second-order valence-corrected chi connectivity index (χ2v) is 7.23. The van der Waals surface area contributed by atoms with E-state index in [1.165, 1.54) is 0 Å². The predicted molar refractivity (Wildman–Crippen MR) is 97.5 cm³/mol. The van der Waals surface area contributed by atoms with Crippen molar-refractivity contribution in [1.82, 2.24) is 4.98 Å². The van der Waals surface area contributed by atoms with Crippen LogP contribution in [0.25, 0.3) is 11.1 Å². The van der Waals surface area contributed by atoms with Crippen LogP contribution in [0.5, 0.6) is 11.5 Å². The van der Waals surface area contributed by atoms with Gasteiger partial charge in [0, 0.05) is 17.3 Å². The zero-order valence-corrected chi connectivity index (χ0v) is 15.1. The van der Waals surface area contributed by atoms with Crippen molar-refractivity contribution < 1.29 is 9.47 Å². The lowest BCUT2D eigenvalue weighted by Gasteiger charge is -2.23. The fourth-order valence-corrected chi connectivity index (χ4v) is 3.40. The first-order valence-corrected chi connectivity index (χ1v) is 8.66. The molecule has 1 unspecified atom stereocenters. The fourth-order valence-electron chi connectivity index (χ4n) is 3.12. The molecule has 0 aliphatic carbocycles. The van der Waals surface area contributed by atoms with Crippen molar-refractivity contribution in [2.75, 3.05) is 12.3 Å². The zero-order valence-electron chi connectivity index (χ0n) is 14.3. The molecule has 1 aromatic heterocycles. The summed E-state index contributed by atoms with van der Waals surface area (Å²) in [6.45, 7) is 7.70. The molecule has 2 N–H and O–H groups in total. The van der Waals surface area contributed by atoms with Gasteiger partial charge in [-0.25, -0.2) is 4.98 Å². The Hall–Kier alpha value is -1.94. The zero-order chi connectivity index (χ0) is 17.3. The molecule has 0 spiro atoms. The third-order valence-corrected chi connectivity index (χ3v) is 4.49. The molecule has 0 bridgehead atoms. The first-order valence-electron chi connectivity index (χ1n) is 8.28. The lowest BCUT2D eigenvalue weighted by Crippen LogP contribution is -2.12. The smallest absolute Gasteiger partial charge is 0.150 e. The van der Waals surface area contributed by atoms with Crippen molar-refractivity contribution in [3.63, 3.8) is 0 Å². The van der Waals surface area contributed by atoms with Gasteiger partial charge in [0.2, 0.25) is 0 Å². The van der Waals surface area contributed by atoms with E-state index in [9.17, 15) is 0 Å². The van der Waals surface area contributed by atoms with Gasteiger partial charge in [0.05, 0.1) is 6.61 Å². The lowest BCUT2D eigenvalue weighted by atomic mass is 9.98. The first-order chi connectivity index (χ1) is 11.5. The molecule has 0 fully saturated rings. The Balaban J connectivity index is 1.84. The van der Waals surface area contributed by atoms with Gasteiger partial charge >= 0.3 is 0 Å². The summed E-state index contributed by atoms with van der Waals surface area (Å²) in [5.41, 5.74) is 8.77. The summed E-state index contributed by atoms with van der Waals surface area (Å²) in [5, 5.41) is 0.519. The van der Waals surface area contributed by atoms with E-state index in [2.05, 4.69) is 25.8 Å². The molecule has 0 radical (unpaired) electrons. The Morgan fingerprint density at radius 3 is 2.83 bits per heavy atom. The molecule has 3 rings (SSSR count). The van der Waals surface area contributed by atoms with E-state index in [4.69, 9.17) is 26.8 Å². The van der Waals surface area contributed by atoms with Crippen molar-refractivity contribution in [3.05, 3.63) is 35.0 Å². The molecule has 0 saturated heterocycles. The Kier molecular flexibility index (Phi) is 4.86. The molecular formula is C19H23ClN2O2. The summed E-state index contributed by atoms with van der Waals surface area (Å²) in [6, 6.07) is 5.73. The Morgan fingerprint density at radius 1 is 1.29 bits per heavy atom. The van der Waals surface area contributed by atoms with E-state index < -0.39 is 0 Å². The molecule has 1 atom stereocenters. The van der Waals surface area contributed by atoms with Crippen LogP contribution in [0, 0.1) is 11.8 Å². The van der Waals surface area contributed by atoms with E-state index in [0.717, 1.165) is 23.1 Å². The number of benzene rings is 1. The number of hydrogen-bond acceptors (Lipinski definition) is 4. The highest BCUT2D eigenvalue weighted by Crippen LogP contribution is 2.46. The maximum Gasteiger partial charge on any atom is 0.150 e. The molecule has 2 aromatic rings. The number of aromatic nitrogens is 1. The number of anilines is 1. The quantitative estimate of drug-likeness (QED) is 0.833. The fraction of sp³-hybridized carbons (Fsp3) is 0.421. The maximum absolute atomic E-state index is 6.53. The third-order valence-electron chi connectivity index (χ3n) is 4.13. The summed E-state index contributed by atoms with van der Waals surface area (Å²) in [7, 11) is 0. The number of pyridine rings is 1. The van der Waals surface area contributed by atoms with Gasteiger partial charge in [0.15, 0.2) is 0 Å². The Labute approximate surface area is 147 Å². The number of fused-ring (bicyclic) bond motifs is 3. The minimum absolute atomic E-state index is 0.433. The lowest BCUT2D eigenvalue weighted by molar-refractivity contribution is 0.237. The number of nitrogen functional groups attached to an aromatic ring is 1. The van der Waals surface area contributed by atoms with Crippen LogP contribution in [0.2, 0.25) is 5.02 Å². The van der Waals surface area contributed by atoms with Gasteiger partial charge in [-0.3, -0.25) is 0 Å².